The van der Waals surface area contributed by atoms with Crippen LogP contribution in [-0.2, 0) is 0 Å². The van der Waals surface area contributed by atoms with Crippen LogP contribution in [0.15, 0.2) is 24.3 Å². The Morgan fingerprint density at radius 3 is 2.29 bits per heavy atom. The Balaban J connectivity index is 0.000000791. The fourth-order valence-electron chi connectivity index (χ4n) is 0.715. The number of aliphatic hydroxyl groups excluding tert-OH is 1. The van der Waals surface area contributed by atoms with Gasteiger partial charge in [-0.2, -0.15) is 0 Å². The Bertz CT molecular complexity index is 330. The molecule has 0 radical (unpaired) electrons. The van der Waals surface area contributed by atoms with Crippen molar-refractivity contribution >= 4 is 11.4 Å². The van der Waals surface area contributed by atoms with Crippen LogP contribution in [0.1, 0.15) is 0 Å². The van der Waals surface area contributed by atoms with Gasteiger partial charge in [0, 0.05) is 19.2 Å². The minimum atomic E-state index is -0.500. The van der Waals surface area contributed by atoms with Crippen molar-refractivity contribution in [2.24, 2.45) is 0 Å². The van der Waals surface area contributed by atoms with Gasteiger partial charge in [-0.25, -0.2) is 0 Å². The van der Waals surface area contributed by atoms with Crippen LogP contribution >= 0.6 is 0 Å². The zero-order valence-electron chi connectivity index (χ0n) is 7.41. The average Bonchev–Trinajstić information content (AvgIpc) is 2.22. The maximum atomic E-state index is 10.2. The standard InChI is InChI=1S/C6H5N4O2.CH4O/c7-9-8-5-1-3-6(4-2-5)10(11)12;1-2/h1-4,8H;2H,1H3/q+1;. The van der Waals surface area contributed by atoms with Gasteiger partial charge in [-0.1, -0.05) is 0 Å². The third-order valence-corrected chi connectivity index (χ3v) is 1.26. The van der Waals surface area contributed by atoms with E-state index < -0.39 is 4.92 Å². The summed E-state index contributed by atoms with van der Waals surface area (Å²) in [7, 11) is 1.00. The molecule has 1 aromatic rings. The van der Waals surface area contributed by atoms with E-state index in [-0.39, 0.29) is 5.69 Å². The van der Waals surface area contributed by atoms with Crippen LogP contribution < -0.4 is 5.43 Å². The molecule has 0 aliphatic rings. The summed E-state index contributed by atoms with van der Waals surface area (Å²) in [5, 5.41) is 27.9. The Morgan fingerprint density at radius 1 is 1.43 bits per heavy atom. The number of hydrogen-bond acceptors (Lipinski definition) is 5. The van der Waals surface area contributed by atoms with Crippen molar-refractivity contribution in [2.75, 3.05) is 12.5 Å². The number of nitro groups is 1. The highest BCUT2D eigenvalue weighted by Crippen LogP contribution is 2.14. The highest BCUT2D eigenvalue weighted by Gasteiger charge is 2.04. The first-order valence-corrected chi connectivity index (χ1v) is 3.53. The van der Waals surface area contributed by atoms with Crippen molar-refractivity contribution in [2.45, 2.75) is 0 Å². The van der Waals surface area contributed by atoms with Crippen molar-refractivity contribution in [1.29, 1.82) is 5.39 Å². The fourth-order valence-corrected chi connectivity index (χ4v) is 0.715. The molecule has 0 atom stereocenters. The predicted octanol–water partition coefficient (Wildman–Crippen LogP) is 1.38. The van der Waals surface area contributed by atoms with Gasteiger partial charge in [0.15, 0.2) is 0 Å². The van der Waals surface area contributed by atoms with Gasteiger partial charge >= 0.3 is 5.08 Å². The normalized spacial score (nSPS) is 7.79. The summed E-state index contributed by atoms with van der Waals surface area (Å²) in [6.07, 6.45) is 0. The summed E-state index contributed by atoms with van der Waals surface area (Å²) in [5.41, 5.74) is 2.72. The predicted molar refractivity (Wildman–Crippen MR) is 49.9 cm³/mol. The van der Waals surface area contributed by atoms with Gasteiger partial charge in [-0.3, -0.25) is 10.1 Å². The van der Waals surface area contributed by atoms with Gasteiger partial charge in [0.25, 0.3) is 11.1 Å². The van der Waals surface area contributed by atoms with Crippen LogP contribution in [0.5, 0.6) is 0 Å². The summed E-state index contributed by atoms with van der Waals surface area (Å²) in [5.74, 6) is 0. The number of nitrogens with zero attached hydrogens (tertiary/aromatic N) is 3. The topological polar surface area (TPSA) is 104 Å². The molecule has 0 aromatic heterocycles. The molecule has 74 valence electrons. The molecule has 2 N–H and O–H groups in total. The Hall–Kier alpha value is -2.20. The molecule has 0 aliphatic heterocycles. The number of aliphatic hydroxyl groups is 1. The van der Waals surface area contributed by atoms with Crippen LogP contribution in [0.3, 0.4) is 0 Å². The molecular formula is C7H9N4O3+. The minimum Gasteiger partial charge on any atom is -0.400 e. The zero-order chi connectivity index (χ0) is 11.0. The number of rotatable bonds is 2. The fraction of sp³-hybridized carbons (Fsp3) is 0.143. The van der Waals surface area contributed by atoms with Crippen LogP contribution in [0, 0.1) is 15.5 Å². The van der Waals surface area contributed by atoms with Gasteiger partial charge in [0.2, 0.25) is 0 Å². The number of nitrogens with one attached hydrogen (secondary N) is 1. The van der Waals surface area contributed by atoms with Crippen molar-refractivity contribution in [3.05, 3.63) is 39.5 Å². The van der Waals surface area contributed by atoms with E-state index in [0.717, 1.165) is 7.11 Å². The lowest BCUT2D eigenvalue weighted by Crippen LogP contribution is -1.88. The summed E-state index contributed by atoms with van der Waals surface area (Å²) >= 11 is 0. The van der Waals surface area contributed by atoms with E-state index in [9.17, 15) is 10.1 Å². The lowest BCUT2D eigenvalue weighted by atomic mass is 10.3. The zero-order valence-corrected chi connectivity index (χ0v) is 7.41. The van der Waals surface area contributed by atoms with E-state index in [2.05, 4.69) is 10.5 Å². The number of benzene rings is 1. The molecule has 0 saturated heterocycles. The third kappa shape index (κ3) is 3.46. The van der Waals surface area contributed by atoms with Gasteiger partial charge in [-0.05, 0) is 17.6 Å². The number of nitro benzene ring substituents is 1. The maximum Gasteiger partial charge on any atom is 0.308 e. The number of hydrogen-bond donors (Lipinski definition) is 2. The molecule has 1 aromatic carbocycles. The molecule has 0 spiro atoms. The van der Waals surface area contributed by atoms with Gasteiger partial charge < -0.3 is 5.11 Å². The molecule has 0 aliphatic carbocycles. The van der Waals surface area contributed by atoms with Crippen molar-refractivity contribution in [3.63, 3.8) is 0 Å². The van der Waals surface area contributed by atoms with Crippen LogP contribution in [0.2, 0.25) is 0 Å². The minimum absolute atomic E-state index is 0.00140. The molecule has 0 amide bonds. The first kappa shape index (κ1) is 11.8. The Kier molecular flexibility index (Phi) is 5.34. The maximum absolute atomic E-state index is 10.2. The first-order valence-electron chi connectivity index (χ1n) is 3.53. The van der Waals surface area contributed by atoms with E-state index in [0.29, 0.717) is 5.69 Å². The average molecular weight is 197 g/mol. The summed E-state index contributed by atoms with van der Waals surface area (Å²) in [4.78, 5) is 9.68. The Labute approximate surface area is 79.7 Å². The SMILES string of the molecule is CO.N#[N+]Nc1ccc([N+](=O)[O-])cc1. The second-order valence-electron chi connectivity index (χ2n) is 2.02. The largest absolute Gasteiger partial charge is 0.400 e. The lowest BCUT2D eigenvalue weighted by molar-refractivity contribution is -0.384. The molecule has 0 unspecified atom stereocenters. The number of non-ortho nitro benzene ring substituents is 1. The first-order chi connectivity index (χ1) is 6.74. The van der Waals surface area contributed by atoms with Crippen LogP contribution in [-0.4, -0.2) is 17.1 Å². The molecule has 0 heterocycles. The summed E-state index contributed by atoms with van der Waals surface area (Å²) in [6, 6.07) is 5.51. The molecule has 0 bridgehead atoms. The molecular weight excluding hydrogens is 188 g/mol. The quantitative estimate of drug-likeness (QED) is 0.423. The molecule has 0 fully saturated rings. The second kappa shape index (κ2) is 6.33. The molecule has 7 nitrogen and oxygen atoms in total. The number of anilines is 1. The lowest BCUT2D eigenvalue weighted by Gasteiger charge is -1.89. The van der Waals surface area contributed by atoms with Gasteiger partial charge in [-0.15, -0.1) is 0 Å². The van der Waals surface area contributed by atoms with Crippen LogP contribution in [0.4, 0.5) is 11.4 Å². The molecule has 1 rings (SSSR count). The van der Waals surface area contributed by atoms with Gasteiger partial charge in [0.05, 0.1) is 4.92 Å². The van der Waals surface area contributed by atoms with E-state index in [1.165, 1.54) is 24.3 Å². The molecule has 7 heteroatoms. The molecule has 14 heavy (non-hydrogen) atoms. The highest BCUT2D eigenvalue weighted by molar-refractivity contribution is 5.48. The number of diazo groups is 1. The third-order valence-electron chi connectivity index (χ3n) is 1.26. The van der Waals surface area contributed by atoms with E-state index >= 15 is 0 Å². The molecule has 0 saturated carbocycles. The smallest absolute Gasteiger partial charge is 0.308 e. The van der Waals surface area contributed by atoms with Crippen molar-refractivity contribution in [3.8, 4) is 0 Å². The van der Waals surface area contributed by atoms with Gasteiger partial charge in [0.1, 0.15) is 5.69 Å². The van der Waals surface area contributed by atoms with Crippen molar-refractivity contribution in [1.82, 2.24) is 0 Å². The van der Waals surface area contributed by atoms with Crippen LogP contribution in [0.25, 0.3) is 5.08 Å². The summed E-state index contributed by atoms with van der Waals surface area (Å²) in [6.45, 7) is 0. The second-order valence-corrected chi connectivity index (χ2v) is 2.02. The summed E-state index contributed by atoms with van der Waals surface area (Å²) < 4.78 is 0. The monoisotopic (exact) mass is 197 g/mol. The van der Waals surface area contributed by atoms with Crippen molar-refractivity contribution < 1.29 is 10.0 Å². The Morgan fingerprint density at radius 2 is 1.93 bits per heavy atom. The van der Waals surface area contributed by atoms with E-state index in [4.69, 9.17) is 10.5 Å². The van der Waals surface area contributed by atoms with E-state index in [1.807, 2.05) is 0 Å². The highest BCUT2D eigenvalue weighted by atomic mass is 16.6. The van der Waals surface area contributed by atoms with E-state index in [1.54, 1.807) is 0 Å².